The van der Waals surface area contributed by atoms with E-state index in [-0.39, 0.29) is 6.41 Å². The van der Waals surface area contributed by atoms with E-state index in [0.717, 1.165) is 6.42 Å². The van der Waals surface area contributed by atoms with Crippen LogP contribution < -0.4 is 5.73 Å². The fraction of sp³-hybridized carbons (Fsp3) is 0.600. The predicted molar refractivity (Wildman–Crippen MR) is 32.8 cm³/mol. The number of rotatable bonds is 2. The number of carboxylic acids is 1. The maximum atomic E-state index is 9.60. The third kappa shape index (κ3) is 45.0. The molecule has 0 aromatic rings. The van der Waals surface area contributed by atoms with Crippen molar-refractivity contribution in [1.29, 1.82) is 0 Å². The van der Waals surface area contributed by atoms with Gasteiger partial charge in [-0.25, -0.2) is 0 Å². The van der Waals surface area contributed by atoms with E-state index in [0.29, 0.717) is 6.42 Å². The molecule has 9 heavy (non-hydrogen) atoms. The fourth-order valence-electron chi connectivity index (χ4n) is 0.214. The number of amides is 1. The molecule has 54 valence electrons. The van der Waals surface area contributed by atoms with E-state index < -0.39 is 5.97 Å². The standard InChI is InChI=1S/C4H8O2.CH3NO/c1-2-3-4(5)6;2-1-3/h2-3H2,1H3,(H,5,6);1H,(H2,2,3). The van der Waals surface area contributed by atoms with Crippen molar-refractivity contribution >= 4 is 12.4 Å². The Balaban J connectivity index is 0. The Kier molecular flexibility index (Phi) is 12.1. The number of aliphatic carboxylic acids is 1. The molecule has 0 aromatic carbocycles. The highest BCUT2D eigenvalue weighted by Gasteiger charge is 1.87. The Morgan fingerprint density at radius 2 is 2.11 bits per heavy atom. The SMILES string of the molecule is CCCC(=O)O.NC=O. The third-order valence-electron chi connectivity index (χ3n) is 0.464. The van der Waals surface area contributed by atoms with Crippen LogP contribution in [-0.2, 0) is 9.59 Å². The summed E-state index contributed by atoms with van der Waals surface area (Å²) in [5.41, 5.74) is 4.17. The molecule has 3 N–H and O–H groups in total. The Morgan fingerprint density at radius 1 is 1.78 bits per heavy atom. The van der Waals surface area contributed by atoms with E-state index in [1.54, 1.807) is 0 Å². The van der Waals surface area contributed by atoms with E-state index in [1.807, 2.05) is 6.92 Å². The van der Waals surface area contributed by atoms with Gasteiger partial charge in [0.15, 0.2) is 0 Å². The predicted octanol–water partition coefficient (Wildman–Crippen LogP) is -0.0274. The zero-order chi connectivity index (χ0) is 7.70. The van der Waals surface area contributed by atoms with Gasteiger partial charge in [-0.3, -0.25) is 9.59 Å². The smallest absolute Gasteiger partial charge is 0.303 e. The molecule has 0 aromatic heterocycles. The minimum Gasteiger partial charge on any atom is -0.481 e. The summed E-state index contributed by atoms with van der Waals surface area (Å²) in [6.07, 6.45) is 1.27. The van der Waals surface area contributed by atoms with E-state index >= 15 is 0 Å². The fourth-order valence-corrected chi connectivity index (χ4v) is 0.214. The average Bonchev–Trinajstić information content (AvgIpc) is 1.67. The van der Waals surface area contributed by atoms with Crippen molar-refractivity contribution in [3.63, 3.8) is 0 Å². The number of hydrogen-bond acceptors (Lipinski definition) is 2. The van der Waals surface area contributed by atoms with E-state index in [1.165, 1.54) is 0 Å². The molecule has 4 nitrogen and oxygen atoms in total. The van der Waals surface area contributed by atoms with E-state index in [9.17, 15) is 4.79 Å². The number of carbonyl (C=O) groups excluding carboxylic acids is 1. The Morgan fingerprint density at radius 3 is 2.11 bits per heavy atom. The highest BCUT2D eigenvalue weighted by molar-refractivity contribution is 5.66. The van der Waals surface area contributed by atoms with Gasteiger partial charge in [-0.1, -0.05) is 6.92 Å². The van der Waals surface area contributed by atoms with Crippen LogP contribution in [0.2, 0.25) is 0 Å². The molecule has 0 saturated heterocycles. The van der Waals surface area contributed by atoms with Gasteiger partial charge < -0.3 is 10.8 Å². The van der Waals surface area contributed by atoms with Crippen LogP contribution in [0.3, 0.4) is 0 Å². The van der Waals surface area contributed by atoms with Crippen LogP contribution in [-0.4, -0.2) is 17.5 Å². The molecular formula is C5H11NO3. The summed E-state index contributed by atoms with van der Waals surface area (Å²) in [6.45, 7) is 1.84. The second-order valence-electron chi connectivity index (χ2n) is 1.28. The van der Waals surface area contributed by atoms with Crippen molar-refractivity contribution in [3.05, 3.63) is 0 Å². The van der Waals surface area contributed by atoms with Crippen LogP contribution in [0.25, 0.3) is 0 Å². The monoisotopic (exact) mass is 133 g/mol. The van der Waals surface area contributed by atoms with Crippen molar-refractivity contribution in [2.24, 2.45) is 5.73 Å². The van der Waals surface area contributed by atoms with Crippen molar-refractivity contribution in [2.75, 3.05) is 0 Å². The maximum absolute atomic E-state index is 9.60. The van der Waals surface area contributed by atoms with Crippen LogP contribution in [0.4, 0.5) is 0 Å². The van der Waals surface area contributed by atoms with E-state index in [4.69, 9.17) is 9.90 Å². The highest BCUT2D eigenvalue weighted by Crippen LogP contribution is 1.82. The normalized spacial score (nSPS) is 6.78. The molecule has 1 amide bonds. The Hall–Kier alpha value is -1.06. The van der Waals surface area contributed by atoms with Gasteiger partial charge in [0, 0.05) is 6.42 Å². The molecule has 0 heterocycles. The van der Waals surface area contributed by atoms with Crippen molar-refractivity contribution in [1.82, 2.24) is 0 Å². The van der Waals surface area contributed by atoms with Crippen LogP contribution in [0.1, 0.15) is 19.8 Å². The molecule has 0 aliphatic rings. The minimum atomic E-state index is -0.711. The second-order valence-corrected chi connectivity index (χ2v) is 1.28. The number of nitrogens with two attached hydrogens (primary N) is 1. The van der Waals surface area contributed by atoms with Gasteiger partial charge in [0.1, 0.15) is 0 Å². The zero-order valence-corrected chi connectivity index (χ0v) is 5.33. The molecule has 0 aliphatic heterocycles. The van der Waals surface area contributed by atoms with Crippen LogP contribution in [0, 0.1) is 0 Å². The molecular weight excluding hydrogens is 122 g/mol. The van der Waals surface area contributed by atoms with Crippen molar-refractivity contribution < 1.29 is 14.7 Å². The summed E-state index contributed by atoms with van der Waals surface area (Å²) in [7, 11) is 0. The first-order valence-electron chi connectivity index (χ1n) is 2.56. The van der Waals surface area contributed by atoms with Crippen molar-refractivity contribution in [3.8, 4) is 0 Å². The molecule has 0 rings (SSSR count). The maximum Gasteiger partial charge on any atom is 0.303 e. The number of carbonyl (C=O) groups is 2. The summed E-state index contributed by atoms with van der Waals surface area (Å²) in [6, 6.07) is 0. The lowest BCUT2D eigenvalue weighted by Gasteiger charge is -1.79. The molecule has 0 unspecified atom stereocenters. The Bertz CT molecular complexity index is 82.3. The molecule has 0 aliphatic carbocycles. The largest absolute Gasteiger partial charge is 0.481 e. The van der Waals surface area contributed by atoms with Crippen LogP contribution in [0.15, 0.2) is 0 Å². The highest BCUT2D eigenvalue weighted by atomic mass is 16.4. The molecule has 0 radical (unpaired) electrons. The lowest BCUT2D eigenvalue weighted by molar-refractivity contribution is -0.137. The minimum absolute atomic E-state index is 0.250. The number of primary amides is 1. The second kappa shape index (κ2) is 10.0. The summed E-state index contributed by atoms with van der Waals surface area (Å²) in [5.74, 6) is -0.711. The lowest BCUT2D eigenvalue weighted by Crippen LogP contribution is -1.90. The summed E-state index contributed by atoms with van der Waals surface area (Å²) in [4.78, 5) is 18.2. The number of hydrogen-bond donors (Lipinski definition) is 2. The number of carboxylic acid groups (broad SMARTS) is 1. The van der Waals surface area contributed by atoms with Gasteiger partial charge in [0.05, 0.1) is 0 Å². The Labute approximate surface area is 53.7 Å². The molecule has 0 atom stereocenters. The van der Waals surface area contributed by atoms with Gasteiger partial charge in [0.2, 0.25) is 6.41 Å². The first-order chi connectivity index (χ1) is 4.18. The quantitative estimate of drug-likeness (QED) is 0.519. The van der Waals surface area contributed by atoms with Gasteiger partial charge in [-0.15, -0.1) is 0 Å². The van der Waals surface area contributed by atoms with Gasteiger partial charge in [-0.05, 0) is 6.42 Å². The van der Waals surface area contributed by atoms with Gasteiger partial charge in [0.25, 0.3) is 0 Å². The average molecular weight is 133 g/mol. The topological polar surface area (TPSA) is 80.4 Å². The lowest BCUT2D eigenvalue weighted by atomic mass is 10.4. The molecule has 0 spiro atoms. The van der Waals surface area contributed by atoms with Gasteiger partial charge in [-0.2, -0.15) is 0 Å². The van der Waals surface area contributed by atoms with Crippen LogP contribution in [0.5, 0.6) is 0 Å². The van der Waals surface area contributed by atoms with Crippen LogP contribution >= 0.6 is 0 Å². The molecule has 0 saturated carbocycles. The first kappa shape index (κ1) is 10.8. The molecule has 4 heteroatoms. The van der Waals surface area contributed by atoms with Crippen molar-refractivity contribution in [2.45, 2.75) is 19.8 Å². The summed E-state index contributed by atoms with van der Waals surface area (Å²) < 4.78 is 0. The molecule has 0 bridgehead atoms. The third-order valence-corrected chi connectivity index (χ3v) is 0.464. The summed E-state index contributed by atoms with van der Waals surface area (Å²) in [5, 5.41) is 7.91. The van der Waals surface area contributed by atoms with E-state index in [2.05, 4.69) is 5.73 Å². The molecule has 0 fully saturated rings. The first-order valence-corrected chi connectivity index (χ1v) is 2.56. The summed E-state index contributed by atoms with van der Waals surface area (Å²) >= 11 is 0. The zero-order valence-electron chi connectivity index (χ0n) is 5.33. The van der Waals surface area contributed by atoms with Gasteiger partial charge >= 0.3 is 5.97 Å².